The number of hydrogen-bond acceptors (Lipinski definition) is 3. The third kappa shape index (κ3) is 6.40. The molecular formula is C3H5K2NO2. The van der Waals surface area contributed by atoms with E-state index in [0.717, 1.165) is 0 Å². The molecule has 0 aromatic heterocycles. The van der Waals surface area contributed by atoms with Crippen molar-refractivity contribution in [2.24, 2.45) is 5.16 Å². The van der Waals surface area contributed by atoms with E-state index in [9.17, 15) is 0 Å². The molecule has 1 heterocycles. The Kier molecular flexibility index (Phi) is 15.0. The molecular weight excluding hydrogens is 160 g/mol. The molecule has 8 heavy (non-hydrogen) atoms. The van der Waals surface area contributed by atoms with Crippen molar-refractivity contribution in [2.45, 2.75) is 0 Å². The fourth-order valence-corrected chi connectivity index (χ4v) is 0.177. The first-order chi connectivity index (χ1) is 3.00. The van der Waals surface area contributed by atoms with E-state index in [-0.39, 0.29) is 103 Å². The van der Waals surface area contributed by atoms with Gasteiger partial charge in [0, 0.05) is 0 Å². The van der Waals surface area contributed by atoms with Gasteiger partial charge in [-0.25, -0.2) is 0 Å². The molecule has 0 N–H and O–H groups in total. The molecule has 0 fully saturated rings. The number of allylic oxidation sites excluding steroid dienone is 1. The van der Waals surface area contributed by atoms with Gasteiger partial charge >= 0.3 is 103 Å². The van der Waals surface area contributed by atoms with Gasteiger partial charge < -0.3 is 0 Å². The van der Waals surface area contributed by atoms with Crippen molar-refractivity contribution in [3.05, 3.63) is 12.3 Å². The van der Waals surface area contributed by atoms with Crippen LogP contribution < -0.4 is 0 Å². The van der Waals surface area contributed by atoms with Gasteiger partial charge in [-0.3, -0.25) is 4.89 Å². The van der Waals surface area contributed by atoms with Gasteiger partial charge in [0.25, 0.3) is 0 Å². The van der Waals surface area contributed by atoms with Crippen LogP contribution in [0.3, 0.4) is 0 Å². The molecule has 1 aliphatic rings. The monoisotopic (exact) mass is 165 g/mol. The Bertz CT molecular complexity index is 81.3. The van der Waals surface area contributed by atoms with E-state index >= 15 is 0 Å². The van der Waals surface area contributed by atoms with Gasteiger partial charge in [-0.2, -0.15) is 4.99 Å². The zero-order chi connectivity index (χ0) is 4.24. The molecule has 36 valence electrons. The summed E-state index contributed by atoms with van der Waals surface area (Å²) in [4.78, 5) is 8.24. The molecule has 0 spiro atoms. The number of hydrogen-bond donors (Lipinski definition) is 0. The Labute approximate surface area is 133 Å². The van der Waals surface area contributed by atoms with Crippen LogP contribution in [-0.2, 0) is 9.88 Å². The first kappa shape index (κ1) is 12.9. The van der Waals surface area contributed by atoms with E-state index in [1.54, 1.807) is 6.08 Å². The molecule has 0 aromatic rings. The number of rotatable bonds is 0. The van der Waals surface area contributed by atoms with Crippen LogP contribution >= 0.6 is 0 Å². The van der Waals surface area contributed by atoms with Crippen molar-refractivity contribution in [1.29, 1.82) is 0 Å². The van der Waals surface area contributed by atoms with Crippen LogP contribution in [0, 0.1) is 0 Å². The van der Waals surface area contributed by atoms with Gasteiger partial charge in [0.2, 0.25) is 0 Å². The average Bonchev–Trinajstić information content (AvgIpc) is 1.72. The predicted octanol–water partition coefficient (Wildman–Crippen LogP) is -0.849. The summed E-state index contributed by atoms with van der Waals surface area (Å²) < 4.78 is 0. The van der Waals surface area contributed by atoms with Crippen LogP contribution in [0.2, 0.25) is 0 Å². The molecule has 0 aliphatic carbocycles. The van der Waals surface area contributed by atoms with Gasteiger partial charge in [-0.05, 0) is 11.2 Å². The van der Waals surface area contributed by atoms with Crippen molar-refractivity contribution in [1.82, 2.24) is 0 Å². The van der Waals surface area contributed by atoms with Crippen molar-refractivity contribution in [3.8, 4) is 0 Å². The average molecular weight is 165 g/mol. The first-order valence-corrected chi connectivity index (χ1v) is 1.51. The quantitative estimate of drug-likeness (QED) is 0.346. The molecule has 1 aliphatic heterocycles. The van der Waals surface area contributed by atoms with E-state index < -0.39 is 0 Å². The second kappa shape index (κ2) is 9.28. The van der Waals surface area contributed by atoms with E-state index in [1.807, 2.05) is 0 Å². The Morgan fingerprint density at radius 2 is 2.00 bits per heavy atom. The Morgan fingerprint density at radius 1 is 1.25 bits per heavy atom. The molecule has 3 nitrogen and oxygen atoms in total. The van der Waals surface area contributed by atoms with Crippen LogP contribution in [0.5, 0.6) is 0 Å². The van der Waals surface area contributed by atoms with Gasteiger partial charge in [-0.1, -0.05) is 0 Å². The summed E-state index contributed by atoms with van der Waals surface area (Å²) in [7, 11) is 0. The molecule has 1 rings (SSSR count). The van der Waals surface area contributed by atoms with Crippen LogP contribution in [0.15, 0.2) is 17.5 Å². The first-order valence-electron chi connectivity index (χ1n) is 1.51. The van der Waals surface area contributed by atoms with Crippen LogP contribution in [0.1, 0.15) is 0 Å². The number of nitrogens with zero attached hydrogens (tertiary/aromatic N) is 1. The van der Waals surface area contributed by atoms with E-state index in [1.165, 1.54) is 12.5 Å². The van der Waals surface area contributed by atoms with Crippen molar-refractivity contribution < 1.29 is 9.88 Å². The molecule has 0 bridgehead atoms. The molecule has 0 amide bonds. The van der Waals surface area contributed by atoms with Crippen LogP contribution in [-0.4, -0.2) is 109 Å². The van der Waals surface area contributed by atoms with E-state index in [4.69, 9.17) is 0 Å². The fraction of sp³-hybridized carbons (Fsp3) is 0. The molecule has 0 unspecified atom stereocenters. The molecule has 0 saturated carbocycles. The Morgan fingerprint density at radius 3 is 2.12 bits per heavy atom. The molecule has 0 radical (unpaired) electrons. The van der Waals surface area contributed by atoms with Gasteiger partial charge in [-0.15, -0.1) is 0 Å². The van der Waals surface area contributed by atoms with Crippen molar-refractivity contribution >= 4 is 109 Å². The fourth-order valence-electron chi connectivity index (χ4n) is 0.177. The normalized spacial score (nSPS) is 12.0. The third-order valence-electron chi connectivity index (χ3n) is 0.367. The Balaban J connectivity index is 0. The summed E-state index contributed by atoms with van der Waals surface area (Å²) in [5.41, 5.74) is 0. The minimum atomic E-state index is 0. The molecule has 0 saturated heterocycles. The van der Waals surface area contributed by atoms with Gasteiger partial charge in [0.05, 0.1) is 6.21 Å². The zero-order valence-corrected chi connectivity index (χ0v) is 3.00. The second-order valence-electron chi connectivity index (χ2n) is 0.754. The van der Waals surface area contributed by atoms with Gasteiger partial charge in [0.15, 0.2) is 0 Å². The summed E-state index contributed by atoms with van der Waals surface area (Å²) in [6, 6.07) is 0. The SMILES string of the molecule is C1=COON=C1.[KH].[KH]. The summed E-state index contributed by atoms with van der Waals surface area (Å²) in [5.74, 6) is 0. The maximum absolute atomic E-state index is 4.19. The standard InChI is InChI=1S/C3H3NO2.2K.2H/c1-2-4-6-5-3-1;;;;/h1-3H;;;;. The summed E-state index contributed by atoms with van der Waals surface area (Å²) in [6.07, 6.45) is 4.51. The van der Waals surface area contributed by atoms with E-state index in [2.05, 4.69) is 15.0 Å². The number of oxime groups is 1. The van der Waals surface area contributed by atoms with E-state index in [0.29, 0.717) is 0 Å². The van der Waals surface area contributed by atoms with Crippen molar-refractivity contribution in [3.63, 3.8) is 0 Å². The topological polar surface area (TPSA) is 30.8 Å². The minimum absolute atomic E-state index is 0. The van der Waals surface area contributed by atoms with Crippen molar-refractivity contribution in [2.75, 3.05) is 0 Å². The molecule has 5 heteroatoms. The molecule has 0 atom stereocenters. The Hall–Kier alpha value is 2.28. The summed E-state index contributed by atoms with van der Waals surface area (Å²) >= 11 is 0. The second-order valence-corrected chi connectivity index (χ2v) is 0.754. The van der Waals surface area contributed by atoms with Crippen LogP contribution in [0.4, 0.5) is 0 Å². The third-order valence-corrected chi connectivity index (χ3v) is 0.367. The predicted molar refractivity (Wildman–Crippen MR) is 34.1 cm³/mol. The summed E-state index contributed by atoms with van der Waals surface area (Å²) in [6.45, 7) is 0. The summed E-state index contributed by atoms with van der Waals surface area (Å²) in [5, 5.41) is 3.24. The van der Waals surface area contributed by atoms with Gasteiger partial charge in [0.1, 0.15) is 6.26 Å². The zero-order valence-electron chi connectivity index (χ0n) is 3.00. The maximum atomic E-state index is 4.19. The van der Waals surface area contributed by atoms with Crippen LogP contribution in [0.25, 0.3) is 0 Å². The molecule has 0 aromatic carbocycles.